The van der Waals surface area contributed by atoms with E-state index >= 15 is 4.79 Å². The number of likely N-dealkylation sites (tertiary alicyclic amines) is 1. The second kappa shape index (κ2) is 16.3. The quantitative estimate of drug-likeness (QED) is 0.282. The summed E-state index contributed by atoms with van der Waals surface area (Å²) in [4.78, 5) is 63.1. The Morgan fingerprint density at radius 1 is 1.04 bits per heavy atom. The Hall–Kier alpha value is -3.14. The van der Waals surface area contributed by atoms with E-state index in [1.165, 1.54) is 12.0 Å². The van der Waals surface area contributed by atoms with Crippen LogP contribution in [0, 0.1) is 17.8 Å². The van der Waals surface area contributed by atoms with Gasteiger partial charge >= 0.3 is 5.97 Å². The zero-order valence-corrected chi connectivity index (χ0v) is 31.0. The number of rotatable bonds is 9. The summed E-state index contributed by atoms with van der Waals surface area (Å²) < 4.78 is 24.6. The van der Waals surface area contributed by atoms with Crippen LogP contribution in [0.5, 0.6) is 0 Å². The highest BCUT2D eigenvalue weighted by Gasteiger charge is 2.75. The summed E-state index contributed by atoms with van der Waals surface area (Å²) in [6.07, 6.45) is 4.28. The second-order valence-corrected chi connectivity index (χ2v) is 15.1. The first kappa shape index (κ1) is 37.6. The molecule has 1 aromatic rings. The fraction of sp³-hybridized carbons (Fsp3) is 0.622. The minimum atomic E-state index is -1.49. The SMILES string of the molecule is COC[C@@H]1NC(=O)CC/C=C\CN(CCN2CCOCC2)C(=O)[C@H]2N([C@@H](CO)C(C)C)C(=O)[C@@H]3[C@@H](C(=O)O[C@H]1c1ccccc1)[C@@H]1O[C@@]32C=C1Br. The van der Waals surface area contributed by atoms with E-state index in [1.54, 1.807) is 11.0 Å². The number of aliphatic hydroxyl groups is 1. The van der Waals surface area contributed by atoms with Crippen molar-refractivity contribution in [2.75, 3.05) is 66.3 Å². The van der Waals surface area contributed by atoms with Gasteiger partial charge in [0.25, 0.3) is 0 Å². The van der Waals surface area contributed by atoms with Crippen molar-refractivity contribution in [3.63, 3.8) is 0 Å². The molecule has 0 aromatic heterocycles. The second-order valence-electron chi connectivity index (χ2n) is 14.2. The number of ether oxygens (including phenoxy) is 4. The van der Waals surface area contributed by atoms with Crippen LogP contribution in [-0.2, 0) is 38.1 Å². The van der Waals surface area contributed by atoms with E-state index in [0.29, 0.717) is 42.8 Å². The van der Waals surface area contributed by atoms with Crippen molar-refractivity contribution in [3.8, 4) is 0 Å². The Morgan fingerprint density at radius 2 is 1.78 bits per heavy atom. The number of cyclic esters (lactones) is 1. The average molecular weight is 774 g/mol. The molecule has 5 heterocycles. The fourth-order valence-electron chi connectivity index (χ4n) is 8.16. The molecule has 13 nitrogen and oxygen atoms in total. The lowest BCUT2D eigenvalue weighted by atomic mass is 9.74. The number of nitrogens with one attached hydrogen (secondary N) is 1. The fourth-order valence-corrected chi connectivity index (χ4v) is 8.90. The number of allylic oxidation sites excluding steroid dienone is 1. The number of methoxy groups -OCH3 is 1. The molecule has 5 bridgehead atoms. The van der Waals surface area contributed by atoms with Crippen LogP contribution in [0.1, 0.15) is 38.4 Å². The lowest BCUT2D eigenvalue weighted by Gasteiger charge is -2.40. The van der Waals surface area contributed by atoms with Crippen molar-refractivity contribution in [3.05, 3.63) is 58.6 Å². The molecule has 3 saturated heterocycles. The van der Waals surface area contributed by atoms with Gasteiger partial charge in [-0.05, 0) is 24.0 Å². The van der Waals surface area contributed by atoms with Crippen LogP contribution in [0.15, 0.2) is 53.0 Å². The summed E-state index contributed by atoms with van der Waals surface area (Å²) in [7, 11) is 1.51. The topological polar surface area (TPSA) is 147 Å². The molecule has 6 rings (SSSR count). The molecule has 2 N–H and O–H groups in total. The number of carbonyl (C=O) groups is 4. The molecule has 0 saturated carbocycles. The maximum atomic E-state index is 15.0. The monoisotopic (exact) mass is 772 g/mol. The lowest BCUT2D eigenvalue weighted by molar-refractivity contribution is -0.163. The molecule has 8 atom stereocenters. The highest BCUT2D eigenvalue weighted by atomic mass is 79.9. The number of benzene rings is 1. The number of amides is 3. The van der Waals surface area contributed by atoms with Crippen molar-refractivity contribution >= 4 is 39.6 Å². The first-order valence-electron chi connectivity index (χ1n) is 17.9. The molecule has 14 heteroatoms. The van der Waals surface area contributed by atoms with Crippen molar-refractivity contribution in [1.82, 2.24) is 20.0 Å². The lowest BCUT2D eigenvalue weighted by Crippen LogP contribution is -2.60. The van der Waals surface area contributed by atoms with Crippen LogP contribution in [0.3, 0.4) is 0 Å². The van der Waals surface area contributed by atoms with Gasteiger partial charge in [0.15, 0.2) is 0 Å². The minimum Gasteiger partial charge on any atom is -0.455 e. The molecule has 5 aliphatic rings. The maximum Gasteiger partial charge on any atom is 0.313 e. The molecule has 0 unspecified atom stereocenters. The first-order chi connectivity index (χ1) is 24.6. The molecular weight excluding hydrogens is 724 g/mol. The summed E-state index contributed by atoms with van der Waals surface area (Å²) in [6, 6.07) is 6.50. The third kappa shape index (κ3) is 7.40. The third-order valence-electron chi connectivity index (χ3n) is 10.7. The predicted octanol–water partition coefficient (Wildman–Crippen LogP) is 1.80. The molecule has 1 spiro atoms. The summed E-state index contributed by atoms with van der Waals surface area (Å²) in [5, 5.41) is 13.7. The van der Waals surface area contributed by atoms with Crippen LogP contribution in [0.25, 0.3) is 0 Å². The number of hydrogen-bond acceptors (Lipinski definition) is 10. The van der Waals surface area contributed by atoms with E-state index < -0.39 is 59.6 Å². The number of hydrogen-bond donors (Lipinski definition) is 2. The molecule has 5 aliphatic heterocycles. The van der Waals surface area contributed by atoms with Gasteiger partial charge in [0.05, 0.1) is 44.4 Å². The molecule has 1 aromatic carbocycles. The van der Waals surface area contributed by atoms with Gasteiger partial charge in [0, 0.05) is 50.7 Å². The Morgan fingerprint density at radius 3 is 2.47 bits per heavy atom. The largest absolute Gasteiger partial charge is 0.455 e. The van der Waals surface area contributed by atoms with E-state index in [-0.39, 0.29) is 43.9 Å². The number of aliphatic hydroxyl groups excluding tert-OH is 1. The Kier molecular flexibility index (Phi) is 12.0. The maximum absolute atomic E-state index is 15.0. The van der Waals surface area contributed by atoms with Crippen molar-refractivity contribution in [2.45, 2.75) is 62.6 Å². The van der Waals surface area contributed by atoms with Crippen LogP contribution >= 0.6 is 15.9 Å². The standard InChI is InChI=1S/C37H49BrN4O9/c1-23(2)27(21-43)42-33-35(46)41(15-14-40-16-18-49-19-17-40)13-9-5-8-12-28(44)39-26(22-48-3)31(24-10-6-4-7-11-24)50-36(47)29-30(34(42)45)37(33)20-25(38)32(29)51-37/h4-7,9-11,20,23,26-27,29-33,43H,8,12-19,21-22H2,1-3H3,(H,39,44)/b9-5-/t26-,27-,29+,30-,31-,32+,33+,37-/m0/s1. The predicted molar refractivity (Wildman–Crippen MR) is 189 cm³/mol. The van der Waals surface area contributed by atoms with E-state index in [1.807, 2.05) is 56.3 Å². The first-order valence-corrected chi connectivity index (χ1v) is 18.7. The van der Waals surface area contributed by atoms with Gasteiger partial charge in [-0.1, -0.05) is 72.3 Å². The Labute approximate surface area is 307 Å². The van der Waals surface area contributed by atoms with E-state index in [4.69, 9.17) is 18.9 Å². The number of fused-ring (bicyclic) bond motifs is 2. The molecule has 0 radical (unpaired) electrons. The van der Waals surface area contributed by atoms with Crippen molar-refractivity contribution in [2.24, 2.45) is 17.8 Å². The molecule has 278 valence electrons. The minimum absolute atomic E-state index is 0.0595. The van der Waals surface area contributed by atoms with Gasteiger partial charge in [-0.15, -0.1) is 0 Å². The summed E-state index contributed by atoms with van der Waals surface area (Å²) >= 11 is 3.62. The third-order valence-corrected chi connectivity index (χ3v) is 11.4. The molecular formula is C37H49BrN4O9. The summed E-state index contributed by atoms with van der Waals surface area (Å²) in [5.74, 6) is -4.11. The number of esters is 1. The van der Waals surface area contributed by atoms with Crippen LogP contribution in [0.2, 0.25) is 0 Å². The molecule has 0 aliphatic carbocycles. The normalized spacial score (nSPS) is 33.3. The highest BCUT2D eigenvalue weighted by molar-refractivity contribution is 9.11. The van der Waals surface area contributed by atoms with E-state index in [2.05, 4.69) is 26.1 Å². The number of halogens is 1. The van der Waals surface area contributed by atoms with Crippen molar-refractivity contribution < 1.29 is 43.2 Å². The zero-order chi connectivity index (χ0) is 36.3. The Bertz CT molecular complexity index is 1500. The number of nitrogens with zero attached hydrogens (tertiary/aromatic N) is 3. The smallest absolute Gasteiger partial charge is 0.313 e. The highest BCUT2D eigenvalue weighted by Crippen LogP contribution is 2.59. The molecule has 3 amide bonds. The van der Waals surface area contributed by atoms with Gasteiger partial charge in [0.1, 0.15) is 29.8 Å². The van der Waals surface area contributed by atoms with Crippen LogP contribution in [0.4, 0.5) is 0 Å². The van der Waals surface area contributed by atoms with E-state index in [0.717, 1.165) is 13.1 Å². The van der Waals surface area contributed by atoms with Gasteiger partial charge in [-0.3, -0.25) is 24.1 Å². The van der Waals surface area contributed by atoms with Gasteiger partial charge in [-0.25, -0.2) is 0 Å². The number of morpholine rings is 1. The average Bonchev–Trinajstić information content (AvgIpc) is 3.72. The van der Waals surface area contributed by atoms with Gasteiger partial charge < -0.3 is 39.2 Å². The zero-order valence-electron chi connectivity index (χ0n) is 29.4. The van der Waals surface area contributed by atoms with Gasteiger partial charge in [-0.2, -0.15) is 0 Å². The number of carbonyl (C=O) groups excluding carboxylic acids is 4. The van der Waals surface area contributed by atoms with Crippen molar-refractivity contribution in [1.29, 1.82) is 0 Å². The van der Waals surface area contributed by atoms with E-state index in [9.17, 15) is 19.5 Å². The summed E-state index contributed by atoms with van der Waals surface area (Å²) in [6.45, 7) is 7.37. The molecule has 3 fully saturated rings. The molecule has 51 heavy (non-hydrogen) atoms. The summed E-state index contributed by atoms with van der Waals surface area (Å²) in [5.41, 5.74) is -0.844. The Balaban J connectivity index is 1.44. The van der Waals surface area contributed by atoms with Crippen LogP contribution in [-0.4, -0.2) is 140 Å². The van der Waals surface area contributed by atoms with Gasteiger partial charge in [0.2, 0.25) is 17.7 Å². The van der Waals surface area contributed by atoms with Crippen LogP contribution < -0.4 is 5.32 Å².